The van der Waals surface area contributed by atoms with E-state index in [9.17, 15) is 24.3 Å². The Morgan fingerprint density at radius 2 is 1.78 bits per heavy atom. The van der Waals surface area contributed by atoms with Crippen molar-refractivity contribution >= 4 is 23.7 Å². The third-order valence-corrected chi connectivity index (χ3v) is 11.0. The highest BCUT2D eigenvalue weighted by molar-refractivity contribution is 6.17. The van der Waals surface area contributed by atoms with Crippen LogP contribution in [0.3, 0.4) is 0 Å². The van der Waals surface area contributed by atoms with Gasteiger partial charge < -0.3 is 19.3 Å². The zero-order chi connectivity index (χ0) is 26.8. The lowest BCUT2D eigenvalue weighted by Crippen LogP contribution is -2.71. The van der Waals surface area contributed by atoms with Crippen LogP contribution < -0.4 is 0 Å². The van der Waals surface area contributed by atoms with Crippen molar-refractivity contribution in [3.05, 3.63) is 23.0 Å². The summed E-state index contributed by atoms with van der Waals surface area (Å²) >= 11 is 0. The number of esters is 3. The van der Waals surface area contributed by atoms with Crippen molar-refractivity contribution in [1.82, 2.24) is 0 Å². The fraction of sp³-hybridized carbons (Fsp3) is 0.714. The van der Waals surface area contributed by atoms with E-state index < -0.39 is 50.8 Å². The zero-order valence-electron chi connectivity index (χ0n) is 22.3. The number of fused-ring (bicyclic) bond motifs is 3. The van der Waals surface area contributed by atoms with Gasteiger partial charge in [-0.15, -0.1) is 0 Å². The van der Waals surface area contributed by atoms with E-state index in [1.54, 1.807) is 13.8 Å². The first-order valence-corrected chi connectivity index (χ1v) is 12.7. The van der Waals surface area contributed by atoms with E-state index in [0.717, 1.165) is 0 Å². The monoisotopic (exact) mass is 500 g/mol. The molecule has 0 radical (unpaired) electrons. The first kappa shape index (κ1) is 25.0. The summed E-state index contributed by atoms with van der Waals surface area (Å²) in [7, 11) is 1.26. The molecule has 0 amide bonds. The molecule has 1 aliphatic heterocycles. The quantitative estimate of drug-likeness (QED) is 0.263. The molecule has 3 fully saturated rings. The number of carbonyl (C=O) groups excluding carboxylic acids is 4. The SMILES string of the molecule is COC(=O)C12C(=O)C(C)=C(O)C1(C)C(C)=CC1C34CCC(OC(C)=O)C(C)(C)C3C(CC12C)OC4=O. The minimum Gasteiger partial charge on any atom is -0.511 e. The summed E-state index contributed by atoms with van der Waals surface area (Å²) in [6.45, 7) is 12.4. The summed E-state index contributed by atoms with van der Waals surface area (Å²) in [5, 5.41) is 11.3. The molecule has 8 unspecified atom stereocenters. The summed E-state index contributed by atoms with van der Waals surface area (Å²) in [6, 6.07) is 0. The molecule has 1 saturated heterocycles. The standard InChI is InChI=1S/C28H36O8/c1-13-11-17-25(6,28(23(33)34-8)21(31)14(2)20(30)26(13,28)7)12-16-19-24(4,5)18(35-15(3)29)9-10-27(17,19)22(32)36-16/h11,16-19,30H,9-10,12H2,1-8H3. The molecule has 0 aromatic heterocycles. The molecule has 5 aliphatic rings. The van der Waals surface area contributed by atoms with Crippen LogP contribution in [0.25, 0.3) is 0 Å². The van der Waals surface area contributed by atoms with Crippen molar-refractivity contribution in [3.8, 4) is 0 Å². The van der Waals surface area contributed by atoms with E-state index >= 15 is 0 Å². The molecule has 1 N–H and O–H groups in total. The number of aliphatic hydroxyl groups is 1. The average Bonchev–Trinajstić information content (AvgIpc) is 3.12. The number of ketones is 1. The van der Waals surface area contributed by atoms with Crippen molar-refractivity contribution in [3.63, 3.8) is 0 Å². The molecule has 0 aromatic rings. The molecule has 196 valence electrons. The van der Waals surface area contributed by atoms with E-state index in [1.165, 1.54) is 14.0 Å². The fourth-order valence-electron chi connectivity index (χ4n) is 9.58. The van der Waals surface area contributed by atoms with E-state index in [4.69, 9.17) is 14.2 Å². The summed E-state index contributed by atoms with van der Waals surface area (Å²) in [5.74, 6) is -2.77. The molecular formula is C28H36O8. The van der Waals surface area contributed by atoms with Gasteiger partial charge in [0.15, 0.2) is 11.2 Å². The minimum absolute atomic E-state index is 0.121. The second-order valence-corrected chi connectivity index (χ2v) is 12.5. The maximum atomic E-state index is 14.1. The summed E-state index contributed by atoms with van der Waals surface area (Å²) in [6.07, 6.45) is 2.14. The molecule has 8 nitrogen and oxygen atoms in total. The van der Waals surface area contributed by atoms with Gasteiger partial charge in [-0.3, -0.25) is 19.2 Å². The predicted molar refractivity (Wildman–Crippen MR) is 127 cm³/mol. The summed E-state index contributed by atoms with van der Waals surface area (Å²) in [5.41, 5.74) is -4.90. The smallest absolute Gasteiger partial charge is 0.321 e. The molecule has 1 heterocycles. The van der Waals surface area contributed by atoms with E-state index in [-0.39, 0.29) is 41.7 Å². The average molecular weight is 501 g/mol. The number of hydrogen-bond donors (Lipinski definition) is 1. The fourth-order valence-corrected chi connectivity index (χ4v) is 9.58. The number of carbonyl (C=O) groups is 4. The third kappa shape index (κ3) is 2.29. The number of allylic oxidation sites excluding steroid dienone is 3. The van der Waals surface area contributed by atoms with Gasteiger partial charge in [-0.05, 0) is 40.0 Å². The molecule has 2 bridgehead atoms. The van der Waals surface area contributed by atoms with Crippen molar-refractivity contribution in [2.75, 3.05) is 7.11 Å². The van der Waals surface area contributed by atoms with Crippen LogP contribution in [-0.4, -0.2) is 48.1 Å². The number of ether oxygens (including phenoxy) is 3. The normalized spacial score (nSPS) is 46.3. The molecular weight excluding hydrogens is 464 g/mol. The van der Waals surface area contributed by atoms with Gasteiger partial charge in [-0.25, -0.2) is 0 Å². The Kier molecular flexibility index (Phi) is 4.88. The molecule has 0 aromatic carbocycles. The lowest BCUT2D eigenvalue weighted by Gasteiger charge is -2.66. The van der Waals surface area contributed by atoms with Gasteiger partial charge in [0.1, 0.15) is 18.0 Å². The molecule has 0 spiro atoms. The van der Waals surface area contributed by atoms with Gasteiger partial charge in [0.2, 0.25) is 0 Å². The Morgan fingerprint density at radius 3 is 2.36 bits per heavy atom. The molecule has 4 aliphatic carbocycles. The minimum atomic E-state index is -1.74. The second-order valence-electron chi connectivity index (χ2n) is 12.5. The number of methoxy groups -OCH3 is 1. The highest BCUT2D eigenvalue weighted by atomic mass is 16.6. The van der Waals surface area contributed by atoms with E-state index in [1.807, 2.05) is 33.8 Å². The van der Waals surface area contributed by atoms with Gasteiger partial charge in [0.25, 0.3) is 0 Å². The van der Waals surface area contributed by atoms with Crippen LogP contribution >= 0.6 is 0 Å². The van der Waals surface area contributed by atoms with Gasteiger partial charge in [0.05, 0.1) is 17.9 Å². The van der Waals surface area contributed by atoms with Crippen molar-refractivity contribution in [1.29, 1.82) is 0 Å². The summed E-state index contributed by atoms with van der Waals surface area (Å²) < 4.78 is 17.1. The number of Topliss-reactive ketones (excluding diaryl/α,β-unsaturated/α-hetero) is 1. The number of aliphatic hydroxyl groups excluding tert-OH is 1. The Balaban J connectivity index is 1.79. The Hall–Kier alpha value is -2.64. The second kappa shape index (κ2) is 7.01. The maximum Gasteiger partial charge on any atom is 0.321 e. The number of hydrogen-bond acceptors (Lipinski definition) is 8. The predicted octanol–water partition coefficient (Wildman–Crippen LogP) is 3.83. The van der Waals surface area contributed by atoms with Crippen LogP contribution in [0.2, 0.25) is 0 Å². The van der Waals surface area contributed by atoms with Crippen molar-refractivity contribution in [2.45, 2.75) is 79.9 Å². The van der Waals surface area contributed by atoms with E-state index in [0.29, 0.717) is 18.4 Å². The molecule has 5 rings (SSSR count). The lowest BCUT2D eigenvalue weighted by atomic mass is 9.33. The summed E-state index contributed by atoms with van der Waals surface area (Å²) in [4.78, 5) is 53.7. The molecule has 2 saturated carbocycles. The third-order valence-electron chi connectivity index (χ3n) is 11.0. The van der Waals surface area contributed by atoms with Crippen LogP contribution in [0.5, 0.6) is 0 Å². The van der Waals surface area contributed by atoms with Crippen molar-refractivity contribution < 1.29 is 38.5 Å². The maximum absolute atomic E-state index is 14.1. The Labute approximate surface area is 211 Å². The van der Waals surface area contributed by atoms with Gasteiger partial charge >= 0.3 is 17.9 Å². The lowest BCUT2D eigenvalue weighted by molar-refractivity contribution is -0.216. The number of rotatable bonds is 2. The zero-order valence-corrected chi connectivity index (χ0v) is 22.3. The van der Waals surface area contributed by atoms with Gasteiger partial charge in [-0.2, -0.15) is 0 Å². The van der Waals surface area contributed by atoms with Crippen LogP contribution in [0, 0.1) is 38.9 Å². The van der Waals surface area contributed by atoms with Crippen LogP contribution in [0.15, 0.2) is 23.0 Å². The van der Waals surface area contributed by atoms with Crippen LogP contribution in [0.1, 0.15) is 67.7 Å². The van der Waals surface area contributed by atoms with Crippen molar-refractivity contribution in [2.24, 2.45) is 38.9 Å². The molecule has 36 heavy (non-hydrogen) atoms. The molecule has 8 atom stereocenters. The topological polar surface area (TPSA) is 116 Å². The van der Waals surface area contributed by atoms with Gasteiger partial charge in [0, 0.05) is 35.2 Å². The first-order valence-electron chi connectivity index (χ1n) is 12.7. The molecule has 8 heteroatoms. The van der Waals surface area contributed by atoms with E-state index in [2.05, 4.69) is 0 Å². The van der Waals surface area contributed by atoms with Crippen LogP contribution in [0.4, 0.5) is 0 Å². The van der Waals surface area contributed by atoms with Gasteiger partial charge in [-0.1, -0.05) is 32.4 Å². The Morgan fingerprint density at radius 1 is 1.14 bits per heavy atom. The highest BCUT2D eigenvalue weighted by Gasteiger charge is 2.84. The largest absolute Gasteiger partial charge is 0.511 e. The van der Waals surface area contributed by atoms with Crippen LogP contribution in [-0.2, 0) is 33.4 Å². The Bertz CT molecular complexity index is 1180. The first-order chi connectivity index (χ1) is 16.6. The highest BCUT2D eigenvalue weighted by Crippen LogP contribution is 2.79.